The summed E-state index contributed by atoms with van der Waals surface area (Å²) in [5.74, 6) is -1.31. The molecule has 0 spiro atoms. The Balaban J connectivity index is 1.77. The van der Waals surface area contributed by atoms with Crippen molar-refractivity contribution >= 4 is 25.8 Å². The van der Waals surface area contributed by atoms with Crippen LogP contribution in [0.1, 0.15) is 12.0 Å². The molecule has 1 amide bonds. The standard InChI is InChI=1S/C19H16BFNO3/c21-18-4-2-1-3-17(18)14-7-5-13(6-8-14)9-16-10-15(11-23)19(25)22(16)20-12-24/h1-8,11-12,15-16H,9-10H2/t15?,16-/m1/s1. The predicted molar refractivity (Wildman–Crippen MR) is 92.8 cm³/mol. The summed E-state index contributed by atoms with van der Waals surface area (Å²) in [6.45, 7) is 0. The van der Waals surface area contributed by atoms with E-state index in [2.05, 4.69) is 0 Å². The highest BCUT2D eigenvalue weighted by Crippen LogP contribution is 2.27. The molecule has 1 heterocycles. The maximum absolute atomic E-state index is 13.9. The van der Waals surface area contributed by atoms with Crippen molar-refractivity contribution in [2.45, 2.75) is 18.9 Å². The van der Waals surface area contributed by atoms with E-state index in [9.17, 15) is 18.8 Å². The van der Waals surface area contributed by atoms with Crippen LogP contribution in [0, 0.1) is 11.7 Å². The molecule has 4 nitrogen and oxygen atoms in total. The molecule has 3 rings (SSSR count). The minimum absolute atomic E-state index is 0.229. The first kappa shape index (κ1) is 17.1. The molecule has 1 saturated heterocycles. The topological polar surface area (TPSA) is 54.5 Å². The van der Waals surface area contributed by atoms with Crippen LogP contribution in [0.4, 0.5) is 4.39 Å². The zero-order chi connectivity index (χ0) is 17.8. The van der Waals surface area contributed by atoms with Gasteiger partial charge in [-0.2, -0.15) is 0 Å². The lowest BCUT2D eigenvalue weighted by molar-refractivity contribution is -0.130. The third-order valence-corrected chi connectivity index (χ3v) is 4.49. The van der Waals surface area contributed by atoms with E-state index in [0.29, 0.717) is 30.9 Å². The van der Waals surface area contributed by atoms with E-state index in [1.165, 1.54) is 18.3 Å². The van der Waals surface area contributed by atoms with E-state index in [4.69, 9.17) is 0 Å². The van der Waals surface area contributed by atoms with Crippen molar-refractivity contribution in [1.82, 2.24) is 4.81 Å². The fourth-order valence-electron chi connectivity index (χ4n) is 3.22. The average Bonchev–Trinajstić information content (AvgIpc) is 2.92. The van der Waals surface area contributed by atoms with Crippen LogP contribution in [-0.2, 0) is 20.8 Å². The van der Waals surface area contributed by atoms with Crippen molar-refractivity contribution in [1.29, 1.82) is 0 Å². The Labute approximate surface area is 145 Å². The van der Waals surface area contributed by atoms with E-state index < -0.39 is 5.92 Å². The highest BCUT2D eigenvalue weighted by molar-refractivity contribution is 6.66. The number of carbonyl (C=O) groups is 3. The molecule has 0 bridgehead atoms. The minimum Gasteiger partial charge on any atom is -0.379 e. The van der Waals surface area contributed by atoms with E-state index in [1.807, 2.05) is 24.3 Å². The van der Waals surface area contributed by atoms with Crippen LogP contribution < -0.4 is 0 Å². The summed E-state index contributed by atoms with van der Waals surface area (Å²) in [5.41, 5.74) is 2.25. The van der Waals surface area contributed by atoms with E-state index in [1.54, 1.807) is 18.2 Å². The Bertz CT molecular complexity index is 794. The van der Waals surface area contributed by atoms with Crippen molar-refractivity contribution < 1.29 is 18.8 Å². The number of hydrogen-bond acceptors (Lipinski definition) is 3. The number of halogens is 1. The molecular formula is C19H16BFNO3. The van der Waals surface area contributed by atoms with Crippen LogP contribution in [-0.4, -0.2) is 36.6 Å². The molecule has 0 aromatic heterocycles. The fourth-order valence-corrected chi connectivity index (χ4v) is 3.22. The molecule has 6 heteroatoms. The average molecular weight is 336 g/mol. The summed E-state index contributed by atoms with van der Waals surface area (Å²) in [6, 6.07) is 13.7. The van der Waals surface area contributed by atoms with E-state index in [0.717, 1.165) is 11.1 Å². The zero-order valence-electron chi connectivity index (χ0n) is 13.5. The molecule has 0 N–H and O–H groups in total. The Kier molecular flexibility index (Phi) is 5.07. The van der Waals surface area contributed by atoms with Crippen LogP contribution >= 0.6 is 0 Å². The van der Waals surface area contributed by atoms with Crippen molar-refractivity contribution in [3.8, 4) is 11.1 Å². The van der Waals surface area contributed by atoms with Crippen molar-refractivity contribution in [3.63, 3.8) is 0 Å². The summed E-state index contributed by atoms with van der Waals surface area (Å²) in [7, 11) is 1.18. The lowest BCUT2D eigenvalue weighted by Crippen LogP contribution is -2.39. The van der Waals surface area contributed by atoms with Gasteiger partial charge in [-0.05, 0) is 30.0 Å². The molecule has 0 aliphatic carbocycles. The van der Waals surface area contributed by atoms with Gasteiger partial charge in [0.25, 0.3) is 0 Å². The van der Waals surface area contributed by atoms with Crippen LogP contribution in [0.5, 0.6) is 0 Å². The van der Waals surface area contributed by atoms with Crippen LogP contribution in [0.25, 0.3) is 11.1 Å². The summed E-state index contributed by atoms with van der Waals surface area (Å²) in [5, 5.41) is 0. The number of aldehydes is 1. The minimum atomic E-state index is -0.695. The molecule has 1 aliphatic heterocycles. The molecule has 25 heavy (non-hydrogen) atoms. The SMILES string of the molecule is O=C[B]N1C(=O)C(C=O)C[C@H]1Cc1ccc(-c2ccccc2F)cc1. The lowest BCUT2D eigenvalue weighted by atomic mass is 9.91. The summed E-state index contributed by atoms with van der Waals surface area (Å²) in [6.07, 6.45) is 2.11. The third kappa shape index (κ3) is 3.53. The first-order chi connectivity index (χ1) is 12.1. The number of benzene rings is 2. The number of carbonyl (C=O) groups excluding carboxylic acids is 3. The smallest absolute Gasteiger partial charge is 0.331 e. The summed E-state index contributed by atoms with van der Waals surface area (Å²) < 4.78 is 13.9. The molecule has 125 valence electrons. The Morgan fingerprint density at radius 3 is 2.48 bits per heavy atom. The monoisotopic (exact) mass is 336 g/mol. The summed E-state index contributed by atoms with van der Waals surface area (Å²) in [4.78, 5) is 35.2. The molecule has 2 aromatic carbocycles. The first-order valence-electron chi connectivity index (χ1n) is 8.04. The van der Waals surface area contributed by atoms with Gasteiger partial charge in [-0.1, -0.05) is 42.5 Å². The molecule has 1 aliphatic rings. The molecule has 1 fully saturated rings. The third-order valence-electron chi connectivity index (χ3n) is 4.49. The van der Waals surface area contributed by atoms with Crippen molar-refractivity contribution in [2.24, 2.45) is 5.92 Å². The molecular weight excluding hydrogens is 320 g/mol. The van der Waals surface area contributed by atoms with Crippen LogP contribution in [0.15, 0.2) is 48.5 Å². The molecule has 0 saturated carbocycles. The van der Waals surface area contributed by atoms with E-state index >= 15 is 0 Å². The highest BCUT2D eigenvalue weighted by atomic mass is 19.1. The Hall–Kier alpha value is -2.76. The quantitative estimate of drug-likeness (QED) is 0.462. The molecule has 2 atom stereocenters. The number of rotatable bonds is 6. The normalized spacial score (nSPS) is 19.7. The van der Waals surface area contributed by atoms with E-state index in [-0.39, 0.29) is 17.8 Å². The van der Waals surface area contributed by atoms with Gasteiger partial charge in [-0.3, -0.25) is 4.79 Å². The van der Waals surface area contributed by atoms with Crippen molar-refractivity contribution in [3.05, 3.63) is 59.9 Å². The number of amides is 1. The van der Waals surface area contributed by atoms with Gasteiger partial charge in [-0.25, -0.2) is 4.39 Å². The second-order valence-electron chi connectivity index (χ2n) is 6.04. The number of hydrogen-bond donors (Lipinski definition) is 0. The Morgan fingerprint density at radius 2 is 1.84 bits per heavy atom. The van der Waals surface area contributed by atoms with Gasteiger partial charge in [0.2, 0.25) is 5.91 Å². The molecule has 2 aromatic rings. The molecule has 1 unspecified atom stereocenters. The predicted octanol–water partition coefficient (Wildman–Crippen LogP) is 2.26. The second kappa shape index (κ2) is 7.42. The van der Waals surface area contributed by atoms with Gasteiger partial charge in [0, 0.05) is 11.6 Å². The van der Waals surface area contributed by atoms with Gasteiger partial charge in [0.1, 0.15) is 18.3 Å². The first-order valence-corrected chi connectivity index (χ1v) is 8.04. The van der Waals surface area contributed by atoms with Crippen molar-refractivity contribution in [2.75, 3.05) is 0 Å². The maximum atomic E-state index is 13.9. The Morgan fingerprint density at radius 1 is 1.12 bits per heavy atom. The second-order valence-corrected chi connectivity index (χ2v) is 6.04. The fraction of sp³-hybridized carbons (Fsp3) is 0.211. The van der Waals surface area contributed by atoms with Crippen LogP contribution in [0.2, 0.25) is 0 Å². The van der Waals surface area contributed by atoms with Gasteiger partial charge in [0.05, 0.1) is 5.92 Å². The van der Waals surface area contributed by atoms with Gasteiger partial charge in [0.15, 0.2) is 0 Å². The van der Waals surface area contributed by atoms with Gasteiger partial charge < -0.3 is 14.4 Å². The van der Waals surface area contributed by atoms with Gasteiger partial charge >= 0.3 is 7.41 Å². The number of nitrogens with zero attached hydrogens (tertiary/aromatic N) is 1. The zero-order valence-corrected chi connectivity index (χ0v) is 13.5. The highest BCUT2D eigenvalue weighted by Gasteiger charge is 2.38. The van der Waals surface area contributed by atoms with Crippen LogP contribution in [0.3, 0.4) is 0 Å². The molecule has 1 radical (unpaired) electrons. The van der Waals surface area contributed by atoms with Gasteiger partial charge in [-0.15, -0.1) is 0 Å². The largest absolute Gasteiger partial charge is 0.379 e. The summed E-state index contributed by atoms with van der Waals surface area (Å²) >= 11 is 0. The maximum Gasteiger partial charge on any atom is 0.331 e. The lowest BCUT2D eigenvalue weighted by Gasteiger charge is -2.22.